The van der Waals surface area contributed by atoms with Gasteiger partial charge in [0, 0.05) is 6.54 Å². The molecule has 0 saturated heterocycles. The summed E-state index contributed by atoms with van der Waals surface area (Å²) in [5.41, 5.74) is 2.73. The maximum atomic E-state index is 11.8. The first-order chi connectivity index (χ1) is 9.51. The summed E-state index contributed by atoms with van der Waals surface area (Å²) in [6.45, 7) is 6.46. The lowest BCUT2D eigenvalue weighted by atomic mass is 10.0. The van der Waals surface area contributed by atoms with Crippen LogP contribution in [0, 0.1) is 13.8 Å². The van der Waals surface area contributed by atoms with E-state index in [1.165, 1.54) is 7.11 Å². The van der Waals surface area contributed by atoms with Crippen molar-refractivity contribution in [2.45, 2.75) is 33.6 Å². The molecule has 0 spiro atoms. The average Bonchev–Trinajstić information content (AvgIpc) is 2.43. The molecule has 2 amide bonds. The summed E-state index contributed by atoms with van der Waals surface area (Å²) in [6, 6.07) is 3.19. The van der Waals surface area contributed by atoms with Crippen molar-refractivity contribution in [1.29, 1.82) is 0 Å². The van der Waals surface area contributed by atoms with Crippen LogP contribution in [0.15, 0.2) is 12.1 Å². The topological polar surface area (TPSA) is 67.4 Å². The van der Waals surface area contributed by atoms with Crippen LogP contribution in [0.2, 0.25) is 0 Å². The second-order valence-electron chi connectivity index (χ2n) is 4.66. The Morgan fingerprint density at radius 2 is 1.95 bits per heavy atom. The van der Waals surface area contributed by atoms with Gasteiger partial charge in [-0.05, 0) is 37.5 Å². The van der Waals surface area contributed by atoms with Gasteiger partial charge in [0.1, 0.15) is 0 Å². The van der Waals surface area contributed by atoms with Crippen molar-refractivity contribution in [2.24, 2.45) is 0 Å². The third-order valence-corrected chi connectivity index (χ3v) is 3.20. The van der Waals surface area contributed by atoms with E-state index in [-0.39, 0.29) is 6.03 Å². The number of aryl methyl sites for hydroxylation is 1. The summed E-state index contributed by atoms with van der Waals surface area (Å²) in [5.74, 6) is -0.461. The Bertz CT molecular complexity index is 498. The highest BCUT2D eigenvalue weighted by atomic mass is 16.5. The summed E-state index contributed by atoms with van der Waals surface area (Å²) in [7, 11) is 1.32. The molecule has 0 atom stereocenters. The maximum absolute atomic E-state index is 11.8. The smallest absolute Gasteiger partial charge is 0.339 e. The fourth-order valence-electron chi connectivity index (χ4n) is 1.79. The molecule has 0 aliphatic carbocycles. The van der Waals surface area contributed by atoms with Gasteiger partial charge in [0.2, 0.25) is 0 Å². The Kier molecular flexibility index (Phi) is 6.03. The number of hydrogen-bond acceptors (Lipinski definition) is 3. The molecular weight excluding hydrogens is 256 g/mol. The lowest BCUT2D eigenvalue weighted by Crippen LogP contribution is -2.30. The Hall–Kier alpha value is -2.04. The van der Waals surface area contributed by atoms with Crippen LogP contribution in [0.4, 0.5) is 10.5 Å². The number of carbonyl (C=O) groups excluding carboxylic acids is 2. The SMILES string of the molecule is CCCCNC(=O)Nc1c(C(=O)OC)ccc(C)c1C. The van der Waals surface area contributed by atoms with Crippen LogP contribution in [-0.2, 0) is 4.74 Å². The van der Waals surface area contributed by atoms with Crippen molar-refractivity contribution in [3.05, 3.63) is 28.8 Å². The molecule has 0 aliphatic rings. The van der Waals surface area contributed by atoms with Gasteiger partial charge in [0.25, 0.3) is 0 Å². The zero-order chi connectivity index (χ0) is 15.1. The monoisotopic (exact) mass is 278 g/mol. The highest BCUT2D eigenvalue weighted by Crippen LogP contribution is 2.24. The minimum Gasteiger partial charge on any atom is -0.465 e. The molecule has 0 heterocycles. The van der Waals surface area contributed by atoms with Crippen LogP contribution < -0.4 is 10.6 Å². The first-order valence-electron chi connectivity index (χ1n) is 6.74. The van der Waals surface area contributed by atoms with Crippen LogP contribution in [0.5, 0.6) is 0 Å². The van der Waals surface area contributed by atoms with Gasteiger partial charge in [-0.25, -0.2) is 9.59 Å². The molecule has 0 bridgehead atoms. The van der Waals surface area contributed by atoms with Gasteiger partial charge in [-0.3, -0.25) is 0 Å². The van der Waals surface area contributed by atoms with Crippen molar-refractivity contribution in [3.8, 4) is 0 Å². The number of ether oxygens (including phenoxy) is 1. The molecule has 5 nitrogen and oxygen atoms in total. The van der Waals surface area contributed by atoms with Gasteiger partial charge in [-0.2, -0.15) is 0 Å². The lowest BCUT2D eigenvalue weighted by Gasteiger charge is -2.15. The Balaban J connectivity index is 2.94. The molecule has 110 valence electrons. The molecule has 0 aromatic heterocycles. The van der Waals surface area contributed by atoms with Crippen LogP contribution >= 0.6 is 0 Å². The van der Waals surface area contributed by atoms with Gasteiger partial charge < -0.3 is 15.4 Å². The normalized spacial score (nSPS) is 10.0. The summed E-state index contributed by atoms with van der Waals surface area (Å²) in [5, 5.41) is 5.50. The zero-order valence-corrected chi connectivity index (χ0v) is 12.5. The number of esters is 1. The molecule has 1 aromatic carbocycles. The molecule has 0 saturated carbocycles. The van der Waals surface area contributed by atoms with Gasteiger partial charge >= 0.3 is 12.0 Å². The third-order valence-electron chi connectivity index (χ3n) is 3.20. The van der Waals surface area contributed by atoms with Crippen molar-refractivity contribution >= 4 is 17.7 Å². The summed E-state index contributed by atoms with van der Waals surface area (Å²) < 4.78 is 4.74. The molecular formula is C15H22N2O3. The van der Waals surface area contributed by atoms with Crippen molar-refractivity contribution in [1.82, 2.24) is 5.32 Å². The van der Waals surface area contributed by atoms with E-state index in [0.717, 1.165) is 24.0 Å². The predicted molar refractivity (Wildman–Crippen MR) is 79.2 cm³/mol. The van der Waals surface area contributed by atoms with E-state index in [9.17, 15) is 9.59 Å². The van der Waals surface area contributed by atoms with Gasteiger partial charge in [-0.1, -0.05) is 19.4 Å². The van der Waals surface area contributed by atoms with E-state index in [2.05, 4.69) is 17.6 Å². The number of nitrogens with one attached hydrogen (secondary N) is 2. The maximum Gasteiger partial charge on any atom is 0.339 e. The van der Waals surface area contributed by atoms with Gasteiger partial charge in [-0.15, -0.1) is 0 Å². The van der Waals surface area contributed by atoms with E-state index in [0.29, 0.717) is 17.8 Å². The highest BCUT2D eigenvalue weighted by Gasteiger charge is 2.17. The molecule has 1 aromatic rings. The molecule has 0 fully saturated rings. The van der Waals surface area contributed by atoms with E-state index < -0.39 is 5.97 Å². The Morgan fingerprint density at radius 1 is 1.25 bits per heavy atom. The van der Waals surface area contributed by atoms with E-state index >= 15 is 0 Å². The van der Waals surface area contributed by atoms with Crippen molar-refractivity contribution < 1.29 is 14.3 Å². The number of unbranched alkanes of at least 4 members (excludes halogenated alkanes) is 1. The van der Waals surface area contributed by atoms with Crippen LogP contribution in [0.25, 0.3) is 0 Å². The number of urea groups is 1. The minimum atomic E-state index is -0.461. The lowest BCUT2D eigenvalue weighted by molar-refractivity contribution is 0.0602. The zero-order valence-electron chi connectivity index (χ0n) is 12.5. The Morgan fingerprint density at radius 3 is 2.55 bits per heavy atom. The van der Waals surface area contributed by atoms with Crippen LogP contribution in [-0.4, -0.2) is 25.7 Å². The molecule has 0 radical (unpaired) electrons. The second-order valence-corrected chi connectivity index (χ2v) is 4.66. The van der Waals surface area contributed by atoms with E-state index in [4.69, 9.17) is 4.74 Å². The molecule has 5 heteroatoms. The average molecular weight is 278 g/mol. The van der Waals surface area contributed by atoms with E-state index in [1.807, 2.05) is 19.9 Å². The summed E-state index contributed by atoms with van der Waals surface area (Å²) in [6.07, 6.45) is 1.93. The number of rotatable bonds is 5. The quantitative estimate of drug-likeness (QED) is 0.642. The van der Waals surface area contributed by atoms with Gasteiger partial charge in [0.15, 0.2) is 0 Å². The van der Waals surface area contributed by atoms with Crippen LogP contribution in [0.1, 0.15) is 41.3 Å². The molecule has 0 unspecified atom stereocenters. The van der Waals surface area contributed by atoms with Crippen LogP contribution in [0.3, 0.4) is 0 Å². The minimum absolute atomic E-state index is 0.308. The molecule has 0 aliphatic heterocycles. The second kappa shape index (κ2) is 7.53. The number of carbonyl (C=O) groups is 2. The summed E-state index contributed by atoms with van der Waals surface area (Å²) >= 11 is 0. The summed E-state index contributed by atoms with van der Waals surface area (Å²) in [4.78, 5) is 23.6. The molecule has 20 heavy (non-hydrogen) atoms. The standard InChI is InChI=1S/C15H22N2O3/c1-5-6-9-16-15(19)17-13-11(3)10(2)7-8-12(13)14(18)20-4/h7-8H,5-6,9H2,1-4H3,(H2,16,17,19). The molecule has 2 N–H and O–H groups in total. The number of methoxy groups -OCH3 is 1. The highest BCUT2D eigenvalue weighted by molar-refractivity contribution is 6.02. The van der Waals surface area contributed by atoms with Gasteiger partial charge in [0.05, 0.1) is 18.4 Å². The number of benzene rings is 1. The fraction of sp³-hybridized carbons (Fsp3) is 0.467. The third kappa shape index (κ3) is 3.98. The number of amides is 2. The number of hydrogen-bond donors (Lipinski definition) is 2. The first-order valence-corrected chi connectivity index (χ1v) is 6.74. The largest absolute Gasteiger partial charge is 0.465 e. The van der Waals surface area contributed by atoms with Crippen molar-refractivity contribution in [2.75, 3.05) is 19.0 Å². The predicted octanol–water partition coefficient (Wildman–Crippen LogP) is 3.01. The number of anilines is 1. The fourth-order valence-corrected chi connectivity index (χ4v) is 1.79. The van der Waals surface area contributed by atoms with E-state index in [1.54, 1.807) is 6.07 Å². The molecule has 1 rings (SSSR count). The Labute approximate surface area is 119 Å². The first kappa shape index (κ1) is 16.0. The van der Waals surface area contributed by atoms with Crippen molar-refractivity contribution in [3.63, 3.8) is 0 Å².